The quantitative estimate of drug-likeness (QED) is 0.744. The van der Waals surface area contributed by atoms with Crippen LogP contribution in [0.5, 0.6) is 0 Å². The highest BCUT2D eigenvalue weighted by Crippen LogP contribution is 2.11. The Balaban J connectivity index is 2.86. The van der Waals surface area contributed by atoms with Gasteiger partial charge in [0.05, 0.1) is 6.54 Å². The molecule has 0 unspecified atom stereocenters. The summed E-state index contributed by atoms with van der Waals surface area (Å²) < 4.78 is 0. The molecule has 3 heteroatoms. The van der Waals surface area contributed by atoms with Crippen molar-refractivity contribution in [1.82, 2.24) is 0 Å². The maximum atomic E-state index is 5.65. The lowest BCUT2D eigenvalue weighted by molar-refractivity contribution is 0.982. The number of hydrogen-bond donors (Lipinski definition) is 2. The van der Waals surface area contributed by atoms with Crippen LogP contribution in [-0.2, 0) is 19.6 Å². The summed E-state index contributed by atoms with van der Waals surface area (Å²) in [7, 11) is 0. The van der Waals surface area contributed by atoms with Crippen LogP contribution < -0.4 is 11.5 Å². The van der Waals surface area contributed by atoms with Crippen molar-refractivity contribution in [2.24, 2.45) is 16.5 Å². The molecule has 0 aliphatic rings. The molecule has 0 fully saturated rings. The second kappa shape index (κ2) is 6.40. The predicted octanol–water partition coefficient (Wildman–Crippen LogP) is 1.97. The maximum absolute atomic E-state index is 5.65. The van der Waals surface area contributed by atoms with Crippen LogP contribution in [0, 0.1) is 0 Å². The van der Waals surface area contributed by atoms with E-state index in [2.05, 4.69) is 37.0 Å². The lowest BCUT2D eigenvalue weighted by Gasteiger charge is -2.06. The highest BCUT2D eigenvalue weighted by atomic mass is 14.7. The number of hydrogen-bond acceptors (Lipinski definition) is 3. The van der Waals surface area contributed by atoms with E-state index in [0.29, 0.717) is 13.1 Å². The fourth-order valence-electron chi connectivity index (χ4n) is 1.50. The van der Waals surface area contributed by atoms with Gasteiger partial charge in [-0.3, -0.25) is 4.99 Å². The molecule has 0 amide bonds. The van der Waals surface area contributed by atoms with Crippen molar-refractivity contribution in [2.75, 3.05) is 0 Å². The molecule has 0 saturated carbocycles. The van der Waals surface area contributed by atoms with E-state index in [0.717, 1.165) is 24.1 Å². The lowest BCUT2D eigenvalue weighted by atomic mass is 10.1. The normalized spacial score (nSPS) is 11.9. The van der Waals surface area contributed by atoms with Gasteiger partial charge in [-0.05, 0) is 30.0 Å². The first-order chi connectivity index (χ1) is 7.69. The molecule has 0 spiro atoms. The first kappa shape index (κ1) is 12.9. The van der Waals surface area contributed by atoms with Gasteiger partial charge < -0.3 is 11.5 Å². The zero-order valence-corrected chi connectivity index (χ0v) is 10.2. The molecule has 4 N–H and O–H groups in total. The Bertz CT molecular complexity index is 347. The van der Waals surface area contributed by atoms with Crippen molar-refractivity contribution in [1.29, 1.82) is 0 Å². The number of aliphatic imine (C=N–C) groups is 1. The molecule has 0 heterocycles. The van der Waals surface area contributed by atoms with Gasteiger partial charge in [-0.2, -0.15) is 0 Å². The van der Waals surface area contributed by atoms with Gasteiger partial charge in [0.25, 0.3) is 0 Å². The fraction of sp³-hybridized carbons (Fsp3) is 0.462. The third-order valence-electron chi connectivity index (χ3n) is 2.63. The van der Waals surface area contributed by atoms with E-state index in [4.69, 9.17) is 11.5 Å². The minimum Gasteiger partial charge on any atom is -0.326 e. The van der Waals surface area contributed by atoms with Crippen molar-refractivity contribution < 1.29 is 0 Å². The van der Waals surface area contributed by atoms with Gasteiger partial charge in [0.2, 0.25) is 0 Å². The van der Waals surface area contributed by atoms with Gasteiger partial charge in [0.1, 0.15) is 0 Å². The molecule has 3 nitrogen and oxygen atoms in total. The van der Waals surface area contributed by atoms with Crippen LogP contribution in [0.15, 0.2) is 23.2 Å². The van der Waals surface area contributed by atoms with Crippen molar-refractivity contribution in [3.63, 3.8) is 0 Å². The zero-order valence-electron chi connectivity index (χ0n) is 10.2. The minimum atomic E-state index is 0.553. The average Bonchev–Trinajstić information content (AvgIpc) is 2.35. The number of nitrogens with two attached hydrogens (primary N) is 2. The van der Waals surface area contributed by atoms with Crippen LogP contribution in [0.1, 0.15) is 37.0 Å². The minimum absolute atomic E-state index is 0.553. The summed E-state index contributed by atoms with van der Waals surface area (Å²) in [4.78, 5) is 4.50. The van der Waals surface area contributed by atoms with Gasteiger partial charge in [0.15, 0.2) is 0 Å². The van der Waals surface area contributed by atoms with Crippen LogP contribution in [0.25, 0.3) is 0 Å². The lowest BCUT2D eigenvalue weighted by Crippen LogP contribution is -2.03. The van der Waals surface area contributed by atoms with E-state index in [1.54, 1.807) is 0 Å². The third kappa shape index (κ3) is 3.76. The molecule has 1 aromatic carbocycles. The molecule has 0 aromatic heterocycles. The van der Waals surface area contributed by atoms with Crippen molar-refractivity contribution in [3.8, 4) is 0 Å². The summed E-state index contributed by atoms with van der Waals surface area (Å²) in [6, 6.07) is 6.26. The van der Waals surface area contributed by atoms with Crippen LogP contribution in [0.4, 0.5) is 0 Å². The standard InChI is InChI=1S/C13H21N3/c1-3-10(2)16-9-13-5-11(7-14)4-12(6-13)8-15/h4-6H,3,7-9,14-15H2,1-2H3. The van der Waals surface area contributed by atoms with Crippen molar-refractivity contribution >= 4 is 5.71 Å². The topological polar surface area (TPSA) is 64.4 Å². The summed E-state index contributed by atoms with van der Waals surface area (Å²) in [5.74, 6) is 0. The van der Waals surface area contributed by atoms with Crippen LogP contribution in [0.2, 0.25) is 0 Å². The molecule has 0 aliphatic carbocycles. The number of rotatable bonds is 5. The molecule has 1 rings (SSSR count). The summed E-state index contributed by atoms with van der Waals surface area (Å²) in [5.41, 5.74) is 15.9. The largest absolute Gasteiger partial charge is 0.326 e. The molecular formula is C13H21N3. The molecule has 0 atom stereocenters. The van der Waals surface area contributed by atoms with Crippen LogP contribution in [0.3, 0.4) is 0 Å². The number of benzene rings is 1. The molecular weight excluding hydrogens is 198 g/mol. The van der Waals surface area contributed by atoms with Crippen LogP contribution >= 0.6 is 0 Å². The Labute approximate surface area is 97.6 Å². The smallest absolute Gasteiger partial charge is 0.0639 e. The first-order valence-electron chi connectivity index (χ1n) is 5.71. The second-order valence-corrected chi connectivity index (χ2v) is 3.97. The summed E-state index contributed by atoms with van der Waals surface area (Å²) in [6.07, 6.45) is 1.00. The molecule has 0 aliphatic heterocycles. The monoisotopic (exact) mass is 219 g/mol. The third-order valence-corrected chi connectivity index (χ3v) is 2.63. The first-order valence-corrected chi connectivity index (χ1v) is 5.71. The number of nitrogens with zero attached hydrogens (tertiary/aromatic N) is 1. The Morgan fingerprint density at radius 3 is 2.00 bits per heavy atom. The van der Waals surface area contributed by atoms with Gasteiger partial charge in [-0.1, -0.05) is 25.1 Å². The van der Waals surface area contributed by atoms with E-state index in [-0.39, 0.29) is 0 Å². The molecule has 0 bridgehead atoms. The molecule has 1 aromatic rings. The van der Waals surface area contributed by atoms with E-state index in [1.807, 2.05) is 0 Å². The second-order valence-electron chi connectivity index (χ2n) is 3.97. The summed E-state index contributed by atoms with van der Waals surface area (Å²) in [6.45, 7) is 5.99. The van der Waals surface area contributed by atoms with E-state index < -0.39 is 0 Å². The molecule has 88 valence electrons. The SMILES string of the molecule is CCC(C)=NCc1cc(CN)cc(CN)c1. The average molecular weight is 219 g/mol. The van der Waals surface area contributed by atoms with Gasteiger partial charge >= 0.3 is 0 Å². The van der Waals surface area contributed by atoms with E-state index in [9.17, 15) is 0 Å². The Morgan fingerprint density at radius 2 is 1.56 bits per heavy atom. The van der Waals surface area contributed by atoms with Crippen LogP contribution in [-0.4, -0.2) is 5.71 Å². The summed E-state index contributed by atoms with van der Waals surface area (Å²) in [5, 5.41) is 0. The zero-order chi connectivity index (χ0) is 12.0. The Kier molecular flexibility index (Phi) is 5.15. The van der Waals surface area contributed by atoms with Gasteiger partial charge in [-0.15, -0.1) is 0 Å². The fourth-order valence-corrected chi connectivity index (χ4v) is 1.50. The molecule has 0 radical (unpaired) electrons. The van der Waals surface area contributed by atoms with E-state index >= 15 is 0 Å². The highest BCUT2D eigenvalue weighted by Gasteiger charge is 1.99. The van der Waals surface area contributed by atoms with E-state index in [1.165, 1.54) is 11.3 Å². The van der Waals surface area contributed by atoms with Gasteiger partial charge in [-0.25, -0.2) is 0 Å². The Hall–Kier alpha value is -1.19. The van der Waals surface area contributed by atoms with Crippen molar-refractivity contribution in [3.05, 3.63) is 34.9 Å². The maximum Gasteiger partial charge on any atom is 0.0639 e. The highest BCUT2D eigenvalue weighted by molar-refractivity contribution is 5.81. The van der Waals surface area contributed by atoms with Gasteiger partial charge in [0, 0.05) is 18.8 Å². The molecule has 0 saturated heterocycles. The molecule has 16 heavy (non-hydrogen) atoms. The summed E-state index contributed by atoms with van der Waals surface area (Å²) >= 11 is 0. The van der Waals surface area contributed by atoms with Crippen molar-refractivity contribution in [2.45, 2.75) is 39.9 Å². The predicted molar refractivity (Wildman–Crippen MR) is 69.3 cm³/mol. The Morgan fingerprint density at radius 1 is 1.06 bits per heavy atom.